The Hall–Kier alpha value is -2.39. The van der Waals surface area contributed by atoms with E-state index in [1.165, 1.54) is 23.1 Å². The van der Waals surface area contributed by atoms with Crippen LogP contribution in [0.15, 0.2) is 41.3 Å². The maximum atomic E-state index is 13.3. The van der Waals surface area contributed by atoms with Crippen LogP contribution in [-0.2, 0) is 9.59 Å². The van der Waals surface area contributed by atoms with E-state index in [4.69, 9.17) is 0 Å². The number of carbonyl (C=O) groups excluding carboxylic acids is 2. The molecule has 7 nitrogen and oxygen atoms in total. The maximum absolute atomic E-state index is 13.3. The molecule has 0 saturated carbocycles. The lowest BCUT2D eigenvalue weighted by atomic mass is 9.96. The summed E-state index contributed by atoms with van der Waals surface area (Å²) in [5, 5.41) is 14.4. The quantitative estimate of drug-likeness (QED) is 0.568. The van der Waals surface area contributed by atoms with Gasteiger partial charge in [0.05, 0.1) is 16.6 Å². The Morgan fingerprint density at radius 1 is 1.44 bits per heavy atom. The minimum absolute atomic E-state index is 0.150. The summed E-state index contributed by atoms with van der Waals surface area (Å²) in [6, 6.07) is 7.32. The first-order valence-corrected chi connectivity index (χ1v) is 10.1. The molecule has 2 heterocycles. The Morgan fingerprint density at radius 2 is 2.19 bits per heavy atom. The van der Waals surface area contributed by atoms with Crippen molar-refractivity contribution in [2.24, 2.45) is 0 Å². The molecule has 0 aliphatic carbocycles. The number of nitrogens with one attached hydrogen (secondary N) is 2. The van der Waals surface area contributed by atoms with E-state index in [0.29, 0.717) is 27.4 Å². The molecule has 0 saturated heterocycles. The fraction of sp³-hybridized carbons (Fsp3) is 0.333. The predicted octanol–water partition coefficient (Wildman–Crippen LogP) is 3.38. The molecular formula is C18H21N5O2S2. The number of amides is 2. The number of benzene rings is 1. The van der Waals surface area contributed by atoms with Gasteiger partial charge < -0.3 is 10.6 Å². The van der Waals surface area contributed by atoms with E-state index in [1.54, 1.807) is 30.9 Å². The van der Waals surface area contributed by atoms with Crippen LogP contribution in [0.1, 0.15) is 20.8 Å². The van der Waals surface area contributed by atoms with Crippen molar-refractivity contribution in [1.82, 2.24) is 10.2 Å². The number of para-hydroxylation sites is 2. The largest absolute Gasteiger partial charge is 0.357 e. The third-order valence-corrected chi connectivity index (χ3v) is 6.21. The van der Waals surface area contributed by atoms with Crippen LogP contribution in [0.2, 0.25) is 0 Å². The van der Waals surface area contributed by atoms with E-state index < -0.39 is 10.8 Å². The van der Waals surface area contributed by atoms with Gasteiger partial charge in [0, 0.05) is 6.54 Å². The van der Waals surface area contributed by atoms with Gasteiger partial charge in [-0.1, -0.05) is 41.3 Å². The molecule has 1 aromatic heterocycles. The van der Waals surface area contributed by atoms with Gasteiger partial charge in [0.1, 0.15) is 5.54 Å². The van der Waals surface area contributed by atoms with Crippen molar-refractivity contribution < 1.29 is 9.59 Å². The van der Waals surface area contributed by atoms with Crippen molar-refractivity contribution in [3.8, 4) is 0 Å². The number of hydrogen-bond donors (Lipinski definition) is 2. The summed E-state index contributed by atoms with van der Waals surface area (Å²) in [7, 11) is 0. The van der Waals surface area contributed by atoms with Crippen LogP contribution < -0.4 is 15.5 Å². The molecule has 1 aromatic carbocycles. The molecule has 3 rings (SSSR count). The minimum atomic E-state index is -0.988. The molecule has 1 aliphatic heterocycles. The monoisotopic (exact) mass is 403 g/mol. The second-order valence-electron chi connectivity index (χ2n) is 6.51. The summed E-state index contributed by atoms with van der Waals surface area (Å²) in [5.41, 5.74) is 0.349. The summed E-state index contributed by atoms with van der Waals surface area (Å²) in [4.78, 5) is 27.4. The molecule has 0 unspecified atom stereocenters. The Labute approximate surface area is 166 Å². The number of thioether (sulfide) groups is 1. The van der Waals surface area contributed by atoms with E-state index in [0.717, 1.165) is 0 Å². The number of carbonyl (C=O) groups is 2. The van der Waals surface area contributed by atoms with E-state index in [2.05, 4.69) is 27.4 Å². The fourth-order valence-electron chi connectivity index (χ4n) is 2.72. The highest BCUT2D eigenvalue weighted by molar-refractivity contribution is 8.02. The van der Waals surface area contributed by atoms with Gasteiger partial charge in [-0.25, -0.2) is 0 Å². The smallest absolute Gasteiger partial charge is 0.250 e. The Bertz CT molecular complexity index is 880. The molecule has 2 amide bonds. The van der Waals surface area contributed by atoms with E-state index in [9.17, 15) is 9.59 Å². The van der Waals surface area contributed by atoms with Crippen molar-refractivity contribution in [2.45, 2.75) is 35.9 Å². The van der Waals surface area contributed by atoms with E-state index >= 15 is 0 Å². The van der Waals surface area contributed by atoms with Crippen LogP contribution in [0.5, 0.6) is 0 Å². The van der Waals surface area contributed by atoms with Crippen molar-refractivity contribution in [3.63, 3.8) is 0 Å². The number of hydrogen-bond acceptors (Lipinski definition) is 7. The SMILES string of the molecule is C=CCNc1nnc(S[C@H](C)C(=O)N2c3ccccc3NC(=O)C2(C)C)s1. The van der Waals surface area contributed by atoms with Gasteiger partial charge in [-0.2, -0.15) is 0 Å². The lowest BCUT2D eigenvalue weighted by Gasteiger charge is -2.42. The molecule has 0 fully saturated rings. The van der Waals surface area contributed by atoms with E-state index in [-0.39, 0.29) is 11.8 Å². The summed E-state index contributed by atoms with van der Waals surface area (Å²) < 4.78 is 0.690. The standard InChI is InChI=1S/C18H21N5O2S2/c1-5-10-19-16-21-22-17(27-16)26-11(2)14(24)23-13-9-7-6-8-12(13)20-15(25)18(23,3)4/h5-9,11H,1,10H2,2-4H3,(H,19,21)(H,20,25)/t11-/m1/s1. The van der Waals surface area contributed by atoms with Crippen LogP contribution >= 0.6 is 23.1 Å². The molecule has 1 aliphatic rings. The molecule has 2 N–H and O–H groups in total. The molecule has 27 heavy (non-hydrogen) atoms. The third-order valence-electron chi connectivity index (χ3n) is 4.16. The Balaban J connectivity index is 1.82. The molecule has 0 radical (unpaired) electrons. The summed E-state index contributed by atoms with van der Waals surface area (Å²) in [6.45, 7) is 9.56. The second-order valence-corrected chi connectivity index (χ2v) is 9.07. The highest BCUT2D eigenvalue weighted by atomic mass is 32.2. The first kappa shape index (κ1) is 19.4. The van der Waals surface area contributed by atoms with Gasteiger partial charge >= 0.3 is 0 Å². The zero-order chi connectivity index (χ0) is 19.6. The van der Waals surface area contributed by atoms with Gasteiger partial charge in [-0.05, 0) is 32.9 Å². The topological polar surface area (TPSA) is 87.2 Å². The first-order valence-electron chi connectivity index (χ1n) is 8.44. The third kappa shape index (κ3) is 3.84. The van der Waals surface area contributed by atoms with E-state index in [1.807, 2.05) is 25.1 Å². The molecule has 9 heteroatoms. The minimum Gasteiger partial charge on any atom is -0.357 e. The van der Waals surface area contributed by atoms with Crippen LogP contribution in [0.3, 0.4) is 0 Å². The van der Waals surface area contributed by atoms with Crippen molar-refractivity contribution in [2.75, 3.05) is 22.1 Å². The van der Waals surface area contributed by atoms with Gasteiger partial charge in [0.25, 0.3) is 0 Å². The maximum Gasteiger partial charge on any atom is 0.250 e. The lowest BCUT2D eigenvalue weighted by molar-refractivity contribution is -0.126. The van der Waals surface area contributed by atoms with Crippen molar-refractivity contribution in [3.05, 3.63) is 36.9 Å². The van der Waals surface area contributed by atoms with Gasteiger partial charge in [0.2, 0.25) is 16.9 Å². The first-order chi connectivity index (χ1) is 12.8. The molecule has 0 spiro atoms. The lowest BCUT2D eigenvalue weighted by Crippen LogP contribution is -2.60. The van der Waals surface area contributed by atoms with Crippen LogP contribution in [0.4, 0.5) is 16.5 Å². The zero-order valence-electron chi connectivity index (χ0n) is 15.4. The average Bonchev–Trinajstić information content (AvgIpc) is 3.07. The normalized spacial score (nSPS) is 16.3. The molecule has 142 valence electrons. The van der Waals surface area contributed by atoms with Crippen molar-refractivity contribution >= 4 is 51.4 Å². The number of aromatic nitrogens is 2. The van der Waals surface area contributed by atoms with Gasteiger partial charge in [-0.3, -0.25) is 14.5 Å². The average molecular weight is 404 g/mol. The van der Waals surface area contributed by atoms with Crippen LogP contribution in [-0.4, -0.2) is 39.3 Å². The number of nitrogens with zero attached hydrogens (tertiary/aromatic N) is 3. The number of anilines is 3. The zero-order valence-corrected chi connectivity index (χ0v) is 17.0. The summed E-state index contributed by atoms with van der Waals surface area (Å²) >= 11 is 2.72. The van der Waals surface area contributed by atoms with Gasteiger partial charge in [0.15, 0.2) is 4.34 Å². The highest BCUT2D eigenvalue weighted by Gasteiger charge is 2.44. The summed E-state index contributed by atoms with van der Waals surface area (Å²) in [6.07, 6.45) is 1.74. The fourth-order valence-corrected chi connectivity index (χ4v) is 4.66. The number of rotatable bonds is 6. The number of fused-ring (bicyclic) bond motifs is 1. The second kappa shape index (κ2) is 7.69. The van der Waals surface area contributed by atoms with Crippen LogP contribution in [0.25, 0.3) is 0 Å². The predicted molar refractivity (Wildman–Crippen MR) is 111 cm³/mol. The molecule has 2 aromatic rings. The van der Waals surface area contributed by atoms with Gasteiger partial charge in [-0.15, -0.1) is 16.8 Å². The highest BCUT2D eigenvalue weighted by Crippen LogP contribution is 2.39. The molecule has 0 bridgehead atoms. The van der Waals surface area contributed by atoms with Crippen molar-refractivity contribution in [1.29, 1.82) is 0 Å². The molecular weight excluding hydrogens is 382 g/mol. The summed E-state index contributed by atoms with van der Waals surface area (Å²) in [5.74, 6) is -0.360. The van der Waals surface area contributed by atoms with Crippen LogP contribution in [0, 0.1) is 0 Å². The Morgan fingerprint density at radius 3 is 2.93 bits per heavy atom. The molecule has 1 atom stereocenters. The Kier molecular flexibility index (Phi) is 5.52.